The molecule has 0 aliphatic carbocycles. The lowest BCUT2D eigenvalue weighted by Gasteiger charge is -2.18. The average molecular weight is 1120 g/mol. The summed E-state index contributed by atoms with van der Waals surface area (Å²) in [6.45, 7) is 6.59. The molecule has 0 fully saturated rings. The van der Waals surface area contributed by atoms with Gasteiger partial charge < -0.3 is 14.2 Å². The van der Waals surface area contributed by atoms with Gasteiger partial charge in [0, 0.05) is 19.3 Å². The summed E-state index contributed by atoms with van der Waals surface area (Å²) >= 11 is 0. The summed E-state index contributed by atoms with van der Waals surface area (Å²) in [5, 5.41) is 0. The van der Waals surface area contributed by atoms with Gasteiger partial charge in [0.25, 0.3) is 0 Å². The zero-order valence-electron chi connectivity index (χ0n) is 53.6. The third-order valence-electron chi connectivity index (χ3n) is 15.8. The number of esters is 3. The van der Waals surface area contributed by atoms with Crippen LogP contribution in [-0.2, 0) is 28.6 Å². The molecule has 466 valence electrons. The molecule has 0 aliphatic heterocycles. The van der Waals surface area contributed by atoms with Crippen LogP contribution in [0.15, 0.2) is 60.8 Å². The van der Waals surface area contributed by atoms with E-state index in [0.717, 1.165) is 89.9 Å². The monoisotopic (exact) mass is 1120 g/mol. The second-order valence-corrected chi connectivity index (χ2v) is 23.8. The lowest BCUT2D eigenvalue weighted by molar-refractivity contribution is -0.167. The van der Waals surface area contributed by atoms with Crippen molar-refractivity contribution in [1.82, 2.24) is 0 Å². The molecule has 0 saturated carbocycles. The molecule has 0 N–H and O–H groups in total. The van der Waals surface area contributed by atoms with E-state index in [-0.39, 0.29) is 31.1 Å². The Morgan fingerprint density at radius 1 is 0.263 bits per heavy atom. The Labute approximate surface area is 498 Å². The summed E-state index contributed by atoms with van der Waals surface area (Å²) in [6, 6.07) is 0. The van der Waals surface area contributed by atoms with E-state index < -0.39 is 6.10 Å². The maximum Gasteiger partial charge on any atom is 0.306 e. The van der Waals surface area contributed by atoms with Gasteiger partial charge in [-0.3, -0.25) is 14.4 Å². The van der Waals surface area contributed by atoms with E-state index in [2.05, 4.69) is 81.5 Å². The molecule has 1 atom stereocenters. The number of hydrogen-bond donors (Lipinski definition) is 0. The van der Waals surface area contributed by atoms with Crippen molar-refractivity contribution in [1.29, 1.82) is 0 Å². The fourth-order valence-electron chi connectivity index (χ4n) is 10.5. The molecule has 0 aromatic carbocycles. The minimum atomic E-state index is -0.768. The third-order valence-corrected chi connectivity index (χ3v) is 15.8. The first-order valence-corrected chi connectivity index (χ1v) is 35.3. The van der Waals surface area contributed by atoms with E-state index in [4.69, 9.17) is 14.2 Å². The largest absolute Gasteiger partial charge is 0.462 e. The number of carbonyl (C=O) groups excluding carboxylic acids is 3. The second kappa shape index (κ2) is 68.6. The van der Waals surface area contributed by atoms with Gasteiger partial charge in [-0.1, -0.05) is 351 Å². The quantitative estimate of drug-likeness (QED) is 0.0261. The van der Waals surface area contributed by atoms with Gasteiger partial charge in [-0.25, -0.2) is 0 Å². The van der Waals surface area contributed by atoms with Crippen LogP contribution >= 0.6 is 0 Å². The fourth-order valence-corrected chi connectivity index (χ4v) is 10.5. The van der Waals surface area contributed by atoms with Crippen molar-refractivity contribution in [2.75, 3.05) is 13.2 Å². The van der Waals surface area contributed by atoms with Crippen LogP contribution in [0.3, 0.4) is 0 Å². The molecule has 0 heterocycles. The molecule has 0 aromatic heterocycles. The first-order valence-electron chi connectivity index (χ1n) is 35.3. The van der Waals surface area contributed by atoms with Crippen molar-refractivity contribution < 1.29 is 28.6 Å². The Bertz CT molecular complexity index is 1430. The highest BCUT2D eigenvalue weighted by atomic mass is 16.6. The number of allylic oxidation sites excluding steroid dienone is 10. The van der Waals surface area contributed by atoms with Crippen LogP contribution in [0.5, 0.6) is 0 Å². The molecular weight excluding hydrogens is 985 g/mol. The van der Waals surface area contributed by atoms with Gasteiger partial charge >= 0.3 is 17.9 Å². The minimum absolute atomic E-state index is 0.0660. The van der Waals surface area contributed by atoms with Crippen molar-refractivity contribution in [3.05, 3.63) is 60.8 Å². The molecule has 0 bridgehead atoms. The summed E-state index contributed by atoms with van der Waals surface area (Å²) in [5.74, 6) is -0.839. The minimum Gasteiger partial charge on any atom is -0.462 e. The number of ether oxygens (including phenoxy) is 3. The highest BCUT2D eigenvalue weighted by molar-refractivity contribution is 5.71. The molecule has 0 aromatic rings. The predicted octanol–water partition coefficient (Wildman–Crippen LogP) is 24.3. The van der Waals surface area contributed by atoms with Crippen molar-refractivity contribution in [3.8, 4) is 0 Å². The maximum absolute atomic E-state index is 12.9. The average Bonchev–Trinajstić information content (AvgIpc) is 3.46. The Morgan fingerprint density at radius 3 is 0.762 bits per heavy atom. The number of rotatable bonds is 65. The van der Waals surface area contributed by atoms with E-state index in [1.165, 1.54) is 244 Å². The lowest BCUT2D eigenvalue weighted by Crippen LogP contribution is -2.30. The number of hydrogen-bond acceptors (Lipinski definition) is 6. The zero-order valence-corrected chi connectivity index (χ0v) is 53.6. The Hall–Kier alpha value is -2.89. The van der Waals surface area contributed by atoms with Crippen molar-refractivity contribution in [3.63, 3.8) is 0 Å². The summed E-state index contributed by atoms with van der Waals surface area (Å²) in [4.78, 5) is 38.3. The van der Waals surface area contributed by atoms with E-state index in [0.29, 0.717) is 19.3 Å². The summed E-state index contributed by atoms with van der Waals surface area (Å²) in [6.07, 6.45) is 88.3. The molecule has 0 spiro atoms. The van der Waals surface area contributed by atoms with Crippen molar-refractivity contribution in [2.45, 2.75) is 380 Å². The highest BCUT2D eigenvalue weighted by Gasteiger charge is 2.19. The number of carbonyl (C=O) groups is 3. The molecular formula is C74H134O6. The van der Waals surface area contributed by atoms with Crippen LogP contribution in [0.4, 0.5) is 0 Å². The topological polar surface area (TPSA) is 78.9 Å². The van der Waals surface area contributed by atoms with Crippen LogP contribution in [0.25, 0.3) is 0 Å². The molecule has 0 aliphatic rings. The summed E-state index contributed by atoms with van der Waals surface area (Å²) in [7, 11) is 0. The molecule has 0 amide bonds. The zero-order chi connectivity index (χ0) is 57.8. The van der Waals surface area contributed by atoms with E-state index in [9.17, 15) is 14.4 Å². The molecule has 0 radical (unpaired) electrons. The first kappa shape index (κ1) is 77.1. The van der Waals surface area contributed by atoms with Crippen LogP contribution in [0.2, 0.25) is 0 Å². The van der Waals surface area contributed by atoms with Crippen LogP contribution < -0.4 is 0 Å². The van der Waals surface area contributed by atoms with Crippen molar-refractivity contribution >= 4 is 17.9 Å². The smallest absolute Gasteiger partial charge is 0.306 e. The highest BCUT2D eigenvalue weighted by Crippen LogP contribution is 2.18. The van der Waals surface area contributed by atoms with Crippen LogP contribution in [0, 0.1) is 0 Å². The summed E-state index contributed by atoms with van der Waals surface area (Å²) in [5.41, 5.74) is 0. The van der Waals surface area contributed by atoms with Gasteiger partial charge in [0.2, 0.25) is 0 Å². The molecule has 0 saturated heterocycles. The van der Waals surface area contributed by atoms with Gasteiger partial charge in [-0.15, -0.1) is 0 Å². The molecule has 0 rings (SSSR count). The normalized spacial score (nSPS) is 12.4. The maximum atomic E-state index is 12.9. The Balaban J connectivity index is 4.12. The van der Waals surface area contributed by atoms with E-state index in [1.807, 2.05) is 0 Å². The van der Waals surface area contributed by atoms with E-state index >= 15 is 0 Å². The van der Waals surface area contributed by atoms with Crippen LogP contribution in [-0.4, -0.2) is 37.2 Å². The predicted molar refractivity (Wildman–Crippen MR) is 348 cm³/mol. The lowest BCUT2D eigenvalue weighted by atomic mass is 10.0. The number of unbranched alkanes of at least 4 members (excludes halogenated alkanes) is 44. The van der Waals surface area contributed by atoms with Gasteiger partial charge in [-0.2, -0.15) is 0 Å². The second-order valence-electron chi connectivity index (χ2n) is 23.8. The van der Waals surface area contributed by atoms with E-state index in [1.54, 1.807) is 0 Å². The first-order chi connectivity index (χ1) is 39.5. The van der Waals surface area contributed by atoms with Gasteiger partial charge in [0.05, 0.1) is 0 Å². The third kappa shape index (κ3) is 65.9. The van der Waals surface area contributed by atoms with Gasteiger partial charge in [-0.05, 0) is 64.2 Å². The molecule has 6 nitrogen and oxygen atoms in total. The van der Waals surface area contributed by atoms with Crippen molar-refractivity contribution in [2.24, 2.45) is 0 Å². The fraction of sp³-hybridized carbons (Fsp3) is 0.824. The molecule has 6 heteroatoms. The van der Waals surface area contributed by atoms with Gasteiger partial charge in [0.1, 0.15) is 13.2 Å². The SMILES string of the molecule is CC/C=C\C/C=C\C/C=C\C/C=C\C/C=C\CCCCCCCCCCCCCCCCCCCC(=O)OCC(COC(=O)CCCCCCCCCCCCCC)OC(=O)CCCCCCCCCCCCCCCCCCC. The van der Waals surface area contributed by atoms with Gasteiger partial charge in [0.15, 0.2) is 6.10 Å². The summed E-state index contributed by atoms with van der Waals surface area (Å²) < 4.78 is 17.0. The Morgan fingerprint density at radius 2 is 0.487 bits per heavy atom. The molecule has 80 heavy (non-hydrogen) atoms. The standard InChI is InChI=1S/C74H134O6/c1-4-7-10-13-16-19-22-25-27-29-30-31-32-33-34-35-36-37-38-39-40-41-42-43-44-46-47-49-52-55-58-61-64-67-73(76)79-70-71(69-78-72(75)66-63-60-57-54-51-24-21-18-15-12-9-6-3)80-74(77)68-65-62-59-56-53-50-48-45-28-26-23-20-17-14-11-8-5-2/h7,10,16,19,25,27,30-31,33-34,71H,4-6,8-9,11-15,17-18,20-24,26,28-29,32,35-70H2,1-3H3/b10-7-,19-16-,27-25-,31-30-,34-33-. The molecule has 1 unspecified atom stereocenters. The Kier molecular flexibility index (Phi) is 66.1. The van der Waals surface area contributed by atoms with Crippen LogP contribution in [0.1, 0.15) is 374 Å².